The molecule has 3 heterocycles. The summed E-state index contributed by atoms with van der Waals surface area (Å²) in [6.45, 7) is -3.32. The zero-order valence-corrected chi connectivity index (χ0v) is 22.0. The van der Waals surface area contributed by atoms with Gasteiger partial charge in [-0.05, 0) is 65.7 Å². The van der Waals surface area contributed by atoms with Gasteiger partial charge in [0.1, 0.15) is 11.6 Å². The molecule has 0 radical (unpaired) electrons. The molecule has 214 valence electrons. The number of aromatic nitrogens is 1. The fourth-order valence-electron chi connectivity index (χ4n) is 5.28. The number of nitrogens with one attached hydrogen (secondary N) is 2. The van der Waals surface area contributed by atoms with Crippen molar-refractivity contribution in [3.63, 3.8) is 0 Å². The smallest absolute Gasteiger partial charge is 0.326 e. The minimum absolute atomic E-state index is 0.0480. The Bertz CT molecular complexity index is 1850. The minimum Gasteiger partial charge on any atom is -0.386 e. The van der Waals surface area contributed by atoms with Crippen LogP contribution < -0.4 is 21.1 Å². The maximum absolute atomic E-state index is 14.2. The number of urea groups is 1. The lowest BCUT2D eigenvalue weighted by molar-refractivity contribution is 0.0665. The van der Waals surface area contributed by atoms with Crippen molar-refractivity contribution in [2.75, 3.05) is 16.8 Å². The fraction of sp³-hybridized carbons (Fsp3) is 0.138. The summed E-state index contributed by atoms with van der Waals surface area (Å²) in [4.78, 5) is 39.8. The molecule has 3 amide bonds. The van der Waals surface area contributed by atoms with Crippen molar-refractivity contribution in [2.24, 2.45) is 0 Å². The Morgan fingerprint density at radius 3 is 2.43 bits per heavy atom. The van der Waals surface area contributed by atoms with E-state index in [1.807, 2.05) is 0 Å². The third kappa shape index (κ3) is 4.68. The first-order valence-electron chi connectivity index (χ1n) is 12.5. The van der Waals surface area contributed by atoms with Gasteiger partial charge in [-0.15, -0.1) is 0 Å². The lowest BCUT2D eigenvalue weighted by atomic mass is 9.93. The monoisotopic (exact) mass is 598 g/mol. The number of anilines is 2. The SMILES string of the molecule is O=C1N[C@@H](c2cc(F)ccc2Cl)c2c(NC(=O)N3C[C@@H](O)c4cc(F)ccc43)cc(-c3ccc(=O)n(C(F)F)c3)cc21. The van der Waals surface area contributed by atoms with Crippen molar-refractivity contribution >= 4 is 34.9 Å². The molecule has 13 heteroatoms. The van der Waals surface area contributed by atoms with E-state index in [9.17, 15) is 37.1 Å². The van der Waals surface area contributed by atoms with Gasteiger partial charge in [-0.2, -0.15) is 8.78 Å². The van der Waals surface area contributed by atoms with E-state index in [4.69, 9.17) is 11.6 Å². The van der Waals surface area contributed by atoms with Crippen LogP contribution in [0.15, 0.2) is 71.7 Å². The highest BCUT2D eigenvalue weighted by atomic mass is 35.5. The first-order chi connectivity index (χ1) is 20.0. The number of halogens is 5. The van der Waals surface area contributed by atoms with Crippen LogP contribution in [0.1, 0.15) is 45.7 Å². The van der Waals surface area contributed by atoms with Crippen LogP contribution in [-0.4, -0.2) is 28.2 Å². The third-order valence-corrected chi connectivity index (χ3v) is 7.57. The van der Waals surface area contributed by atoms with Crippen LogP contribution in [0.5, 0.6) is 0 Å². The number of aliphatic hydroxyl groups is 1. The molecule has 0 aliphatic carbocycles. The molecule has 3 aromatic carbocycles. The molecule has 42 heavy (non-hydrogen) atoms. The maximum atomic E-state index is 14.2. The number of carbonyl (C=O) groups excluding carboxylic acids is 2. The second-order valence-electron chi connectivity index (χ2n) is 9.76. The van der Waals surface area contributed by atoms with Gasteiger partial charge >= 0.3 is 12.6 Å². The summed E-state index contributed by atoms with van der Waals surface area (Å²) >= 11 is 6.35. The van der Waals surface area contributed by atoms with Crippen molar-refractivity contribution in [1.82, 2.24) is 9.88 Å². The molecule has 0 bridgehead atoms. The summed E-state index contributed by atoms with van der Waals surface area (Å²) in [5.74, 6) is -1.82. The number of aliphatic hydroxyl groups excluding tert-OH is 1. The summed E-state index contributed by atoms with van der Waals surface area (Å²) < 4.78 is 55.2. The van der Waals surface area contributed by atoms with E-state index in [-0.39, 0.29) is 60.9 Å². The number of carbonyl (C=O) groups is 2. The molecule has 3 N–H and O–H groups in total. The number of fused-ring (bicyclic) bond motifs is 2. The van der Waals surface area contributed by atoms with Gasteiger partial charge in [0.15, 0.2) is 0 Å². The third-order valence-electron chi connectivity index (χ3n) is 7.22. The van der Waals surface area contributed by atoms with Crippen molar-refractivity contribution in [3.05, 3.63) is 116 Å². The number of nitrogens with zero attached hydrogens (tertiary/aromatic N) is 2. The summed E-state index contributed by atoms with van der Waals surface area (Å²) in [6.07, 6.45) is -0.230. The molecule has 0 saturated heterocycles. The second kappa shape index (κ2) is 10.3. The lowest BCUT2D eigenvalue weighted by Gasteiger charge is -2.22. The molecule has 6 rings (SSSR count). The Balaban J connectivity index is 1.49. The van der Waals surface area contributed by atoms with Crippen LogP contribution in [0.25, 0.3) is 11.1 Å². The number of pyridine rings is 1. The second-order valence-corrected chi connectivity index (χ2v) is 10.2. The highest BCUT2D eigenvalue weighted by molar-refractivity contribution is 6.31. The van der Waals surface area contributed by atoms with E-state index in [0.717, 1.165) is 36.5 Å². The maximum Gasteiger partial charge on any atom is 0.326 e. The molecular formula is C29H19ClF4N4O4. The van der Waals surface area contributed by atoms with Gasteiger partial charge in [0.2, 0.25) is 0 Å². The number of alkyl halides is 2. The van der Waals surface area contributed by atoms with Crippen LogP contribution in [0, 0.1) is 11.6 Å². The normalized spacial score (nSPS) is 17.3. The highest BCUT2D eigenvalue weighted by Gasteiger charge is 2.37. The molecule has 0 saturated carbocycles. The number of rotatable bonds is 4. The molecule has 2 atom stereocenters. The van der Waals surface area contributed by atoms with Gasteiger partial charge in [-0.3, -0.25) is 19.1 Å². The molecule has 2 aliphatic rings. The van der Waals surface area contributed by atoms with E-state index in [2.05, 4.69) is 10.6 Å². The fourth-order valence-corrected chi connectivity index (χ4v) is 5.51. The average Bonchev–Trinajstić information content (AvgIpc) is 3.46. The Hall–Kier alpha value is -4.68. The van der Waals surface area contributed by atoms with E-state index in [1.165, 1.54) is 35.2 Å². The number of amides is 3. The van der Waals surface area contributed by atoms with Gasteiger partial charge < -0.3 is 15.7 Å². The van der Waals surface area contributed by atoms with Crippen molar-refractivity contribution in [2.45, 2.75) is 18.7 Å². The van der Waals surface area contributed by atoms with Crippen LogP contribution in [0.2, 0.25) is 5.02 Å². The molecular weight excluding hydrogens is 580 g/mol. The predicted molar refractivity (Wildman–Crippen MR) is 146 cm³/mol. The average molecular weight is 599 g/mol. The van der Waals surface area contributed by atoms with Gasteiger partial charge in [-0.25, -0.2) is 13.6 Å². The molecule has 8 nitrogen and oxygen atoms in total. The first-order valence-corrected chi connectivity index (χ1v) is 12.9. The quantitative estimate of drug-likeness (QED) is 0.260. The van der Waals surface area contributed by atoms with Crippen LogP contribution in [0.3, 0.4) is 0 Å². The standard InChI is InChI=1S/C29H19ClF4N4O4/c30-20-4-2-15(31)9-17(20)26-25-19(27(41)36-26)7-14(13-1-6-24(40)38(11-13)28(33)34)8-21(25)35-29(42)37-12-23(39)18-10-16(32)3-5-22(18)37/h1-11,23,26,28,39H,12H2,(H,35,42)(H,36,41)/t23-,26+/m1/s1. The Morgan fingerprint density at radius 1 is 0.976 bits per heavy atom. The largest absolute Gasteiger partial charge is 0.386 e. The minimum atomic E-state index is -3.12. The van der Waals surface area contributed by atoms with Crippen LogP contribution >= 0.6 is 11.6 Å². The van der Waals surface area contributed by atoms with Gasteiger partial charge in [0, 0.05) is 45.2 Å². The first kappa shape index (κ1) is 27.5. The van der Waals surface area contributed by atoms with E-state index in [1.54, 1.807) is 0 Å². The van der Waals surface area contributed by atoms with E-state index >= 15 is 0 Å². The molecule has 4 aromatic rings. The zero-order chi connectivity index (χ0) is 29.9. The molecule has 0 fully saturated rings. The molecule has 0 unspecified atom stereocenters. The zero-order valence-electron chi connectivity index (χ0n) is 21.2. The van der Waals surface area contributed by atoms with Crippen LogP contribution in [-0.2, 0) is 0 Å². The number of β-amino-alcohol motifs (C(OH)–C–C–N with tert-alkyl or cyclic N) is 1. The topological polar surface area (TPSA) is 104 Å². The Kier molecular flexibility index (Phi) is 6.74. The van der Waals surface area contributed by atoms with E-state index < -0.39 is 47.8 Å². The molecule has 2 aliphatic heterocycles. The Labute approximate surface area is 239 Å². The van der Waals surface area contributed by atoms with E-state index in [0.29, 0.717) is 0 Å². The highest BCUT2D eigenvalue weighted by Crippen LogP contribution is 2.42. The van der Waals surface area contributed by atoms with Crippen LogP contribution in [0.4, 0.5) is 33.7 Å². The lowest BCUT2D eigenvalue weighted by Crippen LogP contribution is -2.34. The number of benzene rings is 3. The summed E-state index contributed by atoms with van der Waals surface area (Å²) in [7, 11) is 0. The molecule has 1 aromatic heterocycles. The summed E-state index contributed by atoms with van der Waals surface area (Å²) in [6, 6.07) is 10.5. The summed E-state index contributed by atoms with van der Waals surface area (Å²) in [5.41, 5.74) is 0.417. The summed E-state index contributed by atoms with van der Waals surface area (Å²) in [5, 5.41) is 16.0. The molecule has 0 spiro atoms. The number of hydrogen-bond acceptors (Lipinski definition) is 4. The van der Waals surface area contributed by atoms with Crippen molar-refractivity contribution < 1.29 is 32.3 Å². The van der Waals surface area contributed by atoms with Crippen molar-refractivity contribution in [1.29, 1.82) is 0 Å². The number of hydrogen-bond donors (Lipinski definition) is 3. The van der Waals surface area contributed by atoms with Crippen molar-refractivity contribution in [3.8, 4) is 11.1 Å². The van der Waals surface area contributed by atoms with Gasteiger partial charge in [0.25, 0.3) is 11.5 Å². The predicted octanol–water partition coefficient (Wildman–Crippen LogP) is 5.76. The Morgan fingerprint density at radius 2 is 1.69 bits per heavy atom. The van der Waals surface area contributed by atoms with Gasteiger partial charge in [0.05, 0.1) is 24.4 Å². The van der Waals surface area contributed by atoms with Gasteiger partial charge in [-0.1, -0.05) is 11.6 Å².